The Labute approximate surface area is 118 Å². The first-order valence-electron chi connectivity index (χ1n) is 5.35. The maximum Gasteiger partial charge on any atom is 0.337 e. The molecule has 1 N–H and O–H groups in total. The van der Waals surface area contributed by atoms with Crippen LogP contribution in [0.3, 0.4) is 0 Å². The number of carbonyl (C=O) groups is 1. The molecule has 1 aromatic carbocycles. The van der Waals surface area contributed by atoms with Crippen molar-refractivity contribution in [2.24, 2.45) is 0 Å². The molecule has 0 saturated carbocycles. The van der Waals surface area contributed by atoms with E-state index in [-0.39, 0.29) is 17.7 Å². The Balaban J connectivity index is 2.43. The van der Waals surface area contributed by atoms with Crippen LogP contribution in [0.2, 0.25) is 10.0 Å². The van der Waals surface area contributed by atoms with E-state index < -0.39 is 5.97 Å². The van der Waals surface area contributed by atoms with Crippen molar-refractivity contribution in [1.82, 2.24) is 4.57 Å². The van der Waals surface area contributed by atoms with Crippen LogP contribution in [-0.4, -0.2) is 15.6 Å². The molecule has 0 aliphatic heterocycles. The van der Waals surface area contributed by atoms with E-state index in [0.717, 1.165) is 0 Å². The van der Waals surface area contributed by atoms with E-state index in [4.69, 9.17) is 28.3 Å². The standard InChI is InChI=1S/C13H9Cl2NO3/c14-10-3-1-2-8(12(10)15)6-16-7-9(13(18)19)4-5-11(16)17/h1-5,7H,6H2,(H,18,19). The van der Waals surface area contributed by atoms with E-state index >= 15 is 0 Å². The number of carboxylic acid groups (broad SMARTS) is 1. The van der Waals surface area contributed by atoms with Gasteiger partial charge >= 0.3 is 5.97 Å². The van der Waals surface area contributed by atoms with Gasteiger partial charge in [0.1, 0.15) is 0 Å². The van der Waals surface area contributed by atoms with Gasteiger partial charge in [-0.15, -0.1) is 0 Å². The number of rotatable bonds is 3. The van der Waals surface area contributed by atoms with Gasteiger partial charge in [-0.2, -0.15) is 0 Å². The molecule has 6 heteroatoms. The average molecular weight is 298 g/mol. The van der Waals surface area contributed by atoms with Gasteiger partial charge in [-0.1, -0.05) is 35.3 Å². The molecule has 0 bridgehead atoms. The lowest BCUT2D eigenvalue weighted by atomic mass is 10.2. The summed E-state index contributed by atoms with van der Waals surface area (Å²) in [5, 5.41) is 9.65. The van der Waals surface area contributed by atoms with Crippen molar-refractivity contribution in [3.8, 4) is 0 Å². The molecule has 2 rings (SSSR count). The Bertz CT molecular complexity index is 695. The van der Waals surface area contributed by atoms with E-state index in [1.54, 1.807) is 18.2 Å². The molecule has 0 radical (unpaired) electrons. The van der Waals surface area contributed by atoms with Gasteiger partial charge in [0.15, 0.2) is 0 Å². The largest absolute Gasteiger partial charge is 0.478 e. The molecule has 0 amide bonds. The minimum Gasteiger partial charge on any atom is -0.478 e. The summed E-state index contributed by atoms with van der Waals surface area (Å²) in [7, 11) is 0. The number of hydrogen-bond acceptors (Lipinski definition) is 2. The van der Waals surface area contributed by atoms with Crippen LogP contribution < -0.4 is 5.56 Å². The monoisotopic (exact) mass is 297 g/mol. The Kier molecular flexibility index (Phi) is 3.93. The summed E-state index contributed by atoms with van der Waals surface area (Å²) >= 11 is 11.9. The number of pyridine rings is 1. The number of hydrogen-bond donors (Lipinski definition) is 1. The first-order valence-corrected chi connectivity index (χ1v) is 6.11. The zero-order chi connectivity index (χ0) is 14.0. The molecular weight excluding hydrogens is 289 g/mol. The molecule has 0 atom stereocenters. The molecule has 0 saturated heterocycles. The number of nitrogens with zero attached hydrogens (tertiary/aromatic N) is 1. The molecule has 0 fully saturated rings. The third kappa shape index (κ3) is 2.97. The Morgan fingerprint density at radius 1 is 1.21 bits per heavy atom. The van der Waals surface area contributed by atoms with Gasteiger partial charge in [0.25, 0.3) is 5.56 Å². The van der Waals surface area contributed by atoms with Crippen LogP contribution in [-0.2, 0) is 6.54 Å². The van der Waals surface area contributed by atoms with Crippen molar-refractivity contribution in [1.29, 1.82) is 0 Å². The van der Waals surface area contributed by atoms with Crippen LogP contribution in [0.1, 0.15) is 15.9 Å². The molecule has 2 aromatic rings. The van der Waals surface area contributed by atoms with E-state index in [1.807, 2.05) is 0 Å². The number of halogens is 2. The summed E-state index contributed by atoms with van der Waals surface area (Å²) in [4.78, 5) is 22.6. The maximum atomic E-state index is 11.7. The quantitative estimate of drug-likeness (QED) is 0.947. The SMILES string of the molecule is O=C(O)c1ccc(=O)n(Cc2cccc(Cl)c2Cl)c1. The molecule has 0 aliphatic carbocycles. The van der Waals surface area contributed by atoms with Crippen molar-refractivity contribution >= 4 is 29.2 Å². The second kappa shape index (κ2) is 5.47. The topological polar surface area (TPSA) is 59.3 Å². The number of benzene rings is 1. The first kappa shape index (κ1) is 13.6. The Hall–Kier alpha value is -1.78. The van der Waals surface area contributed by atoms with Crippen LogP contribution in [0.4, 0.5) is 0 Å². The Morgan fingerprint density at radius 2 is 1.95 bits per heavy atom. The second-order valence-electron chi connectivity index (χ2n) is 3.90. The highest BCUT2D eigenvalue weighted by Crippen LogP contribution is 2.25. The van der Waals surface area contributed by atoms with E-state index in [9.17, 15) is 9.59 Å². The van der Waals surface area contributed by atoms with Crippen molar-refractivity contribution < 1.29 is 9.90 Å². The summed E-state index contributed by atoms with van der Waals surface area (Å²) in [6.07, 6.45) is 1.28. The van der Waals surface area contributed by atoms with Gasteiger partial charge in [-0.3, -0.25) is 4.79 Å². The number of carboxylic acids is 1. The smallest absolute Gasteiger partial charge is 0.337 e. The van der Waals surface area contributed by atoms with Crippen molar-refractivity contribution in [3.05, 3.63) is 68.1 Å². The lowest BCUT2D eigenvalue weighted by Gasteiger charge is -2.09. The van der Waals surface area contributed by atoms with Gasteiger partial charge in [-0.25, -0.2) is 4.79 Å². The van der Waals surface area contributed by atoms with Crippen molar-refractivity contribution in [2.45, 2.75) is 6.54 Å². The third-order valence-electron chi connectivity index (χ3n) is 2.60. The van der Waals surface area contributed by atoms with Gasteiger partial charge < -0.3 is 9.67 Å². The molecule has 0 aliphatic rings. The molecule has 1 aromatic heterocycles. The fourth-order valence-corrected chi connectivity index (χ4v) is 2.02. The molecule has 1 heterocycles. The third-order valence-corrected chi connectivity index (χ3v) is 3.46. The molecule has 0 spiro atoms. The number of aromatic carboxylic acids is 1. The van der Waals surface area contributed by atoms with E-state index in [2.05, 4.69) is 0 Å². The molecular formula is C13H9Cl2NO3. The summed E-state index contributed by atoms with van der Waals surface area (Å²) < 4.78 is 1.28. The van der Waals surface area contributed by atoms with Gasteiger partial charge in [0.05, 0.1) is 22.2 Å². The minimum atomic E-state index is -1.09. The summed E-state index contributed by atoms with van der Waals surface area (Å²) in [6, 6.07) is 7.57. The van der Waals surface area contributed by atoms with Gasteiger partial charge in [0.2, 0.25) is 0 Å². The van der Waals surface area contributed by atoms with Gasteiger partial charge in [0, 0.05) is 12.3 Å². The average Bonchev–Trinajstić information content (AvgIpc) is 2.37. The highest BCUT2D eigenvalue weighted by Gasteiger charge is 2.08. The molecule has 98 valence electrons. The predicted molar refractivity (Wildman–Crippen MR) is 73.2 cm³/mol. The minimum absolute atomic E-state index is 0.0396. The zero-order valence-electron chi connectivity index (χ0n) is 9.64. The molecule has 0 unspecified atom stereocenters. The van der Waals surface area contributed by atoms with Crippen molar-refractivity contribution in [3.63, 3.8) is 0 Å². The summed E-state index contributed by atoms with van der Waals surface area (Å²) in [5.41, 5.74) is 0.387. The summed E-state index contributed by atoms with van der Waals surface area (Å²) in [6.45, 7) is 0.166. The lowest BCUT2D eigenvalue weighted by Crippen LogP contribution is -2.20. The highest BCUT2D eigenvalue weighted by molar-refractivity contribution is 6.42. The molecule has 19 heavy (non-hydrogen) atoms. The van der Waals surface area contributed by atoms with Crippen LogP contribution in [0.15, 0.2) is 41.3 Å². The van der Waals surface area contributed by atoms with Crippen LogP contribution in [0.5, 0.6) is 0 Å². The normalized spacial score (nSPS) is 10.4. The zero-order valence-corrected chi connectivity index (χ0v) is 11.1. The Morgan fingerprint density at radius 3 is 2.63 bits per heavy atom. The van der Waals surface area contributed by atoms with E-state index in [1.165, 1.54) is 22.9 Å². The van der Waals surface area contributed by atoms with Crippen LogP contribution >= 0.6 is 23.2 Å². The summed E-state index contributed by atoms with van der Waals surface area (Å²) in [5.74, 6) is -1.09. The van der Waals surface area contributed by atoms with Crippen LogP contribution in [0.25, 0.3) is 0 Å². The van der Waals surface area contributed by atoms with Crippen molar-refractivity contribution in [2.75, 3.05) is 0 Å². The fourth-order valence-electron chi connectivity index (χ4n) is 1.64. The maximum absolute atomic E-state index is 11.7. The molecule has 4 nitrogen and oxygen atoms in total. The fraction of sp³-hybridized carbons (Fsp3) is 0.0769. The first-order chi connectivity index (χ1) is 8.99. The number of aromatic nitrogens is 1. The second-order valence-corrected chi connectivity index (χ2v) is 4.69. The lowest BCUT2D eigenvalue weighted by molar-refractivity contribution is 0.0696. The highest BCUT2D eigenvalue weighted by atomic mass is 35.5. The van der Waals surface area contributed by atoms with Gasteiger partial charge in [-0.05, 0) is 17.7 Å². The van der Waals surface area contributed by atoms with Crippen LogP contribution in [0, 0.1) is 0 Å². The predicted octanol–water partition coefficient (Wildman–Crippen LogP) is 2.90. The van der Waals surface area contributed by atoms with E-state index in [0.29, 0.717) is 15.6 Å².